The molecular weight excluding hydrogens is 229 g/mol. The van der Waals surface area contributed by atoms with Gasteiger partial charge in [-0.15, -0.1) is 0 Å². The first-order chi connectivity index (χ1) is 8.69. The van der Waals surface area contributed by atoms with Crippen molar-refractivity contribution in [1.29, 1.82) is 0 Å². The van der Waals surface area contributed by atoms with E-state index in [-0.39, 0.29) is 5.82 Å². The molecule has 2 unspecified atom stereocenters. The molecule has 0 bridgehead atoms. The van der Waals surface area contributed by atoms with Gasteiger partial charge in [-0.2, -0.15) is 0 Å². The molecule has 0 amide bonds. The van der Waals surface area contributed by atoms with Crippen molar-refractivity contribution in [3.05, 3.63) is 24.0 Å². The lowest BCUT2D eigenvalue weighted by atomic mass is 9.82. The van der Waals surface area contributed by atoms with Gasteiger partial charge in [0.05, 0.1) is 12.8 Å². The van der Waals surface area contributed by atoms with Crippen LogP contribution >= 0.6 is 0 Å². The minimum atomic E-state index is -0.260. The maximum Gasteiger partial charge on any atom is 0.144 e. The molecule has 2 rings (SSSR count). The second kappa shape index (κ2) is 6.07. The Hall–Kier alpha value is -1.25. The maximum absolute atomic E-state index is 13.1. The van der Waals surface area contributed by atoms with Crippen molar-refractivity contribution in [2.45, 2.75) is 32.6 Å². The summed E-state index contributed by atoms with van der Waals surface area (Å²) in [5, 5.41) is 3.39. The highest BCUT2D eigenvalue weighted by molar-refractivity contribution is 5.56. The van der Waals surface area contributed by atoms with Crippen molar-refractivity contribution < 1.29 is 9.13 Å². The fraction of sp³-hybridized carbons (Fsp3) is 0.600. The Morgan fingerprint density at radius 1 is 1.39 bits per heavy atom. The molecule has 1 aliphatic rings. The number of benzene rings is 1. The van der Waals surface area contributed by atoms with Crippen LogP contribution in [0.1, 0.15) is 32.6 Å². The van der Waals surface area contributed by atoms with E-state index in [2.05, 4.69) is 12.2 Å². The molecule has 0 heterocycles. The van der Waals surface area contributed by atoms with Crippen molar-refractivity contribution >= 4 is 5.69 Å². The van der Waals surface area contributed by atoms with Crippen LogP contribution in [0, 0.1) is 17.7 Å². The Kier molecular flexibility index (Phi) is 4.45. The zero-order chi connectivity index (χ0) is 13.0. The van der Waals surface area contributed by atoms with E-state index in [0.29, 0.717) is 5.75 Å². The highest BCUT2D eigenvalue weighted by Crippen LogP contribution is 2.30. The van der Waals surface area contributed by atoms with Gasteiger partial charge in [0.1, 0.15) is 11.6 Å². The van der Waals surface area contributed by atoms with Crippen molar-refractivity contribution in [1.82, 2.24) is 0 Å². The van der Waals surface area contributed by atoms with Crippen LogP contribution in [-0.2, 0) is 0 Å². The molecular formula is C15H22FNO. The van der Waals surface area contributed by atoms with Crippen LogP contribution in [0.15, 0.2) is 18.2 Å². The molecule has 1 saturated carbocycles. The Bertz CT molecular complexity index is 394. The van der Waals surface area contributed by atoms with Crippen molar-refractivity contribution in [2.24, 2.45) is 11.8 Å². The molecule has 3 heteroatoms. The van der Waals surface area contributed by atoms with Gasteiger partial charge < -0.3 is 10.1 Å². The Balaban J connectivity index is 1.93. The summed E-state index contributed by atoms with van der Waals surface area (Å²) in [5.74, 6) is 1.88. The van der Waals surface area contributed by atoms with Gasteiger partial charge in [-0.1, -0.05) is 19.8 Å². The topological polar surface area (TPSA) is 21.3 Å². The van der Waals surface area contributed by atoms with E-state index in [1.54, 1.807) is 13.2 Å². The summed E-state index contributed by atoms with van der Waals surface area (Å²) in [7, 11) is 1.57. The van der Waals surface area contributed by atoms with Gasteiger partial charge in [-0.3, -0.25) is 0 Å². The zero-order valence-corrected chi connectivity index (χ0v) is 11.2. The Morgan fingerprint density at radius 2 is 2.22 bits per heavy atom. The monoisotopic (exact) mass is 251 g/mol. The highest BCUT2D eigenvalue weighted by Gasteiger charge is 2.18. The number of halogens is 1. The summed E-state index contributed by atoms with van der Waals surface area (Å²) in [6, 6.07) is 4.64. The maximum atomic E-state index is 13.1. The van der Waals surface area contributed by atoms with Crippen LogP contribution in [0.5, 0.6) is 5.75 Å². The Labute approximate surface area is 109 Å². The fourth-order valence-electron chi connectivity index (χ4n) is 2.81. The molecule has 1 fully saturated rings. The van der Waals surface area contributed by atoms with Crippen LogP contribution in [-0.4, -0.2) is 13.7 Å². The Morgan fingerprint density at radius 3 is 2.94 bits per heavy atom. The lowest BCUT2D eigenvalue weighted by Crippen LogP contribution is -2.21. The second-order valence-corrected chi connectivity index (χ2v) is 5.36. The molecule has 2 atom stereocenters. The number of hydrogen-bond donors (Lipinski definition) is 1. The van der Waals surface area contributed by atoms with Crippen LogP contribution < -0.4 is 10.1 Å². The molecule has 2 nitrogen and oxygen atoms in total. The van der Waals surface area contributed by atoms with Crippen molar-refractivity contribution in [3.63, 3.8) is 0 Å². The largest absolute Gasteiger partial charge is 0.494 e. The minimum Gasteiger partial charge on any atom is -0.494 e. The average Bonchev–Trinajstić information content (AvgIpc) is 2.37. The van der Waals surface area contributed by atoms with Gasteiger partial charge in [0.15, 0.2) is 0 Å². The summed E-state index contributed by atoms with van der Waals surface area (Å²) in [6.07, 6.45) is 5.27. The van der Waals surface area contributed by atoms with E-state index in [9.17, 15) is 4.39 Å². The van der Waals surface area contributed by atoms with Crippen molar-refractivity contribution in [2.75, 3.05) is 19.0 Å². The van der Waals surface area contributed by atoms with E-state index in [4.69, 9.17) is 4.74 Å². The number of methoxy groups -OCH3 is 1. The van der Waals surface area contributed by atoms with Crippen LogP contribution in [0.2, 0.25) is 0 Å². The standard InChI is InChI=1S/C15H22FNO/c1-11-4-3-5-12(8-11)10-17-14-7-6-13(16)9-15(14)18-2/h6-7,9,11-12,17H,3-5,8,10H2,1-2H3. The molecule has 1 aliphatic carbocycles. The number of nitrogens with one attached hydrogen (secondary N) is 1. The molecule has 1 aromatic rings. The lowest BCUT2D eigenvalue weighted by molar-refractivity contribution is 0.293. The highest BCUT2D eigenvalue weighted by atomic mass is 19.1. The lowest BCUT2D eigenvalue weighted by Gasteiger charge is -2.27. The van der Waals surface area contributed by atoms with E-state index >= 15 is 0 Å². The van der Waals surface area contributed by atoms with Gasteiger partial charge in [0.25, 0.3) is 0 Å². The first kappa shape index (κ1) is 13.2. The summed E-state index contributed by atoms with van der Waals surface area (Å²) in [5.41, 5.74) is 0.886. The molecule has 0 radical (unpaired) electrons. The first-order valence-electron chi connectivity index (χ1n) is 6.76. The third-order valence-electron chi connectivity index (χ3n) is 3.79. The normalized spacial score (nSPS) is 23.7. The van der Waals surface area contributed by atoms with E-state index in [0.717, 1.165) is 24.1 Å². The molecule has 18 heavy (non-hydrogen) atoms. The smallest absolute Gasteiger partial charge is 0.144 e. The summed E-state index contributed by atoms with van der Waals surface area (Å²) < 4.78 is 18.3. The second-order valence-electron chi connectivity index (χ2n) is 5.36. The van der Waals surface area contributed by atoms with E-state index in [1.807, 2.05) is 0 Å². The van der Waals surface area contributed by atoms with Gasteiger partial charge in [0.2, 0.25) is 0 Å². The van der Waals surface area contributed by atoms with Gasteiger partial charge >= 0.3 is 0 Å². The minimum absolute atomic E-state index is 0.260. The van der Waals surface area contributed by atoms with Crippen molar-refractivity contribution in [3.8, 4) is 5.75 Å². The van der Waals surface area contributed by atoms with Crippen LogP contribution in [0.4, 0.5) is 10.1 Å². The fourth-order valence-corrected chi connectivity index (χ4v) is 2.81. The number of rotatable bonds is 4. The molecule has 0 spiro atoms. The van der Waals surface area contributed by atoms with Crippen LogP contribution in [0.25, 0.3) is 0 Å². The van der Waals surface area contributed by atoms with E-state index in [1.165, 1.54) is 37.8 Å². The van der Waals surface area contributed by atoms with Gasteiger partial charge in [-0.25, -0.2) is 4.39 Å². The molecule has 0 aliphatic heterocycles. The van der Waals surface area contributed by atoms with Crippen LogP contribution in [0.3, 0.4) is 0 Å². The third kappa shape index (κ3) is 3.37. The molecule has 100 valence electrons. The predicted molar refractivity (Wildman–Crippen MR) is 72.6 cm³/mol. The molecule has 1 aromatic carbocycles. The quantitative estimate of drug-likeness (QED) is 0.871. The predicted octanol–water partition coefficient (Wildman–Crippen LogP) is 4.07. The molecule has 1 N–H and O–H groups in total. The summed E-state index contributed by atoms with van der Waals surface area (Å²) >= 11 is 0. The summed E-state index contributed by atoms with van der Waals surface area (Å²) in [4.78, 5) is 0. The number of ether oxygens (including phenoxy) is 1. The van der Waals surface area contributed by atoms with Gasteiger partial charge in [-0.05, 0) is 36.8 Å². The third-order valence-corrected chi connectivity index (χ3v) is 3.79. The summed E-state index contributed by atoms with van der Waals surface area (Å²) in [6.45, 7) is 3.27. The van der Waals surface area contributed by atoms with E-state index < -0.39 is 0 Å². The zero-order valence-electron chi connectivity index (χ0n) is 11.2. The SMILES string of the molecule is COc1cc(F)ccc1NCC1CCCC(C)C1. The first-order valence-corrected chi connectivity index (χ1v) is 6.76. The number of hydrogen-bond acceptors (Lipinski definition) is 2. The molecule has 0 aromatic heterocycles. The average molecular weight is 251 g/mol. The molecule has 0 saturated heterocycles. The van der Waals surface area contributed by atoms with Gasteiger partial charge in [0, 0.05) is 12.6 Å². The number of anilines is 1.